The van der Waals surface area contributed by atoms with Crippen molar-refractivity contribution >= 4 is 55.7 Å². The van der Waals surface area contributed by atoms with E-state index in [2.05, 4.69) is 18.8 Å². The lowest BCUT2D eigenvalue weighted by atomic mass is 9.92. The van der Waals surface area contributed by atoms with Crippen LogP contribution in [-0.4, -0.2) is 21.8 Å². The summed E-state index contributed by atoms with van der Waals surface area (Å²) in [6.45, 7) is 8.00. The van der Waals surface area contributed by atoms with Crippen LogP contribution in [0.25, 0.3) is 16.0 Å². The number of aryl methyl sites for hydroxylation is 2. The lowest BCUT2D eigenvalue weighted by molar-refractivity contribution is -0.132. The minimum atomic E-state index is -0.817. The fourth-order valence-corrected chi connectivity index (χ4v) is 5.80. The van der Waals surface area contributed by atoms with Gasteiger partial charge < -0.3 is 5.11 Å². The summed E-state index contributed by atoms with van der Waals surface area (Å²) in [5.41, 5.74) is 4.90. The Kier molecular flexibility index (Phi) is 6.18. The van der Waals surface area contributed by atoms with Gasteiger partial charge in [-0.2, -0.15) is 0 Å². The Hall–Kier alpha value is -3.48. The Morgan fingerprint density at radius 1 is 1.03 bits per heavy atom. The fourth-order valence-electron chi connectivity index (χ4n) is 4.53. The fraction of sp³-hybridized carbons (Fsp3) is 0.207. The zero-order valence-electron chi connectivity index (χ0n) is 20.4. The molecule has 3 aromatic carbocycles. The quantitative estimate of drug-likeness (QED) is 0.175. The first kappa shape index (κ1) is 24.2. The number of thiazole rings is 1. The minimum absolute atomic E-state index is 0.0586. The highest BCUT2D eigenvalue weighted by atomic mass is 35.5. The van der Waals surface area contributed by atoms with Crippen LogP contribution in [0, 0.1) is 13.8 Å². The molecule has 182 valence electrons. The third-order valence-corrected chi connectivity index (χ3v) is 7.81. The van der Waals surface area contributed by atoms with Gasteiger partial charge in [0.2, 0.25) is 0 Å². The number of rotatable bonds is 4. The maximum atomic E-state index is 13.5. The van der Waals surface area contributed by atoms with E-state index >= 15 is 0 Å². The van der Waals surface area contributed by atoms with E-state index in [1.165, 1.54) is 16.2 Å². The second kappa shape index (κ2) is 9.19. The zero-order chi connectivity index (χ0) is 25.7. The average molecular weight is 517 g/mol. The molecule has 0 radical (unpaired) electrons. The molecule has 1 aliphatic rings. The van der Waals surface area contributed by atoms with Crippen LogP contribution in [0.2, 0.25) is 5.02 Å². The molecule has 1 unspecified atom stereocenters. The van der Waals surface area contributed by atoms with Crippen molar-refractivity contribution in [3.8, 4) is 0 Å². The summed E-state index contributed by atoms with van der Waals surface area (Å²) in [4.78, 5) is 33.0. The summed E-state index contributed by atoms with van der Waals surface area (Å²) >= 11 is 7.46. The van der Waals surface area contributed by atoms with Gasteiger partial charge in [0, 0.05) is 10.6 Å². The summed E-state index contributed by atoms with van der Waals surface area (Å²) in [6, 6.07) is 18.0. The smallest absolute Gasteiger partial charge is 0.301 e. The van der Waals surface area contributed by atoms with E-state index in [0.717, 1.165) is 27.0 Å². The van der Waals surface area contributed by atoms with E-state index in [-0.39, 0.29) is 11.3 Å². The summed E-state index contributed by atoms with van der Waals surface area (Å²) in [7, 11) is 0. The molecular formula is C29H25ClN2O3S. The van der Waals surface area contributed by atoms with Crippen LogP contribution in [0.15, 0.2) is 66.2 Å². The van der Waals surface area contributed by atoms with E-state index < -0.39 is 17.7 Å². The van der Waals surface area contributed by atoms with Crippen molar-refractivity contribution in [3.05, 3.63) is 99.1 Å². The van der Waals surface area contributed by atoms with E-state index in [9.17, 15) is 14.7 Å². The highest BCUT2D eigenvalue weighted by molar-refractivity contribution is 7.22. The number of hydrogen-bond acceptors (Lipinski definition) is 5. The van der Waals surface area contributed by atoms with Gasteiger partial charge in [0.15, 0.2) is 5.13 Å². The van der Waals surface area contributed by atoms with Crippen molar-refractivity contribution in [2.45, 2.75) is 39.7 Å². The van der Waals surface area contributed by atoms with E-state index in [0.29, 0.717) is 27.2 Å². The molecule has 1 saturated heterocycles. The van der Waals surface area contributed by atoms with Gasteiger partial charge in [-0.05, 0) is 60.7 Å². The largest absolute Gasteiger partial charge is 0.507 e. The van der Waals surface area contributed by atoms with Crippen LogP contribution in [0.4, 0.5) is 5.13 Å². The number of benzene rings is 3. The number of nitrogens with zero attached hydrogens (tertiary/aromatic N) is 2. The molecule has 0 aliphatic carbocycles. The van der Waals surface area contributed by atoms with Gasteiger partial charge in [-0.3, -0.25) is 14.5 Å². The number of aliphatic hydroxyl groups excluding tert-OH is 1. The van der Waals surface area contributed by atoms with Gasteiger partial charge in [0.1, 0.15) is 5.76 Å². The zero-order valence-corrected chi connectivity index (χ0v) is 21.9. The van der Waals surface area contributed by atoms with Crippen LogP contribution in [0.3, 0.4) is 0 Å². The first-order chi connectivity index (χ1) is 17.2. The molecule has 1 amide bonds. The Morgan fingerprint density at radius 3 is 2.44 bits per heavy atom. The molecule has 0 spiro atoms. The standard InChI is InChI=1S/C29H25ClN2O3S/c1-15(2)18-7-9-19(10-8-18)25-24(26(33)21-13-16(3)5-6-17(21)4)27(34)28(35)32(25)29-31-22-12-11-20(30)14-23(22)36-29/h5-15,25,33H,1-4H3/b26-24+. The molecule has 1 aliphatic heterocycles. The second-order valence-corrected chi connectivity index (χ2v) is 10.9. The monoisotopic (exact) mass is 516 g/mol. The maximum Gasteiger partial charge on any atom is 0.301 e. The highest BCUT2D eigenvalue weighted by Crippen LogP contribution is 2.45. The lowest BCUT2D eigenvalue weighted by Crippen LogP contribution is -2.29. The predicted octanol–water partition coefficient (Wildman–Crippen LogP) is 7.32. The van der Waals surface area contributed by atoms with Crippen LogP contribution in [0.5, 0.6) is 0 Å². The molecule has 1 N–H and O–H groups in total. The van der Waals surface area contributed by atoms with Gasteiger partial charge in [0.25, 0.3) is 5.78 Å². The number of carbonyl (C=O) groups is 2. The molecule has 1 atom stereocenters. The average Bonchev–Trinajstić information content (AvgIpc) is 3.38. The van der Waals surface area contributed by atoms with E-state index in [1.807, 2.05) is 56.3 Å². The molecule has 1 aromatic heterocycles. The topological polar surface area (TPSA) is 70.5 Å². The van der Waals surface area contributed by atoms with Crippen molar-refractivity contribution < 1.29 is 14.7 Å². The first-order valence-electron chi connectivity index (χ1n) is 11.7. The van der Waals surface area contributed by atoms with Gasteiger partial charge in [-0.15, -0.1) is 0 Å². The molecular weight excluding hydrogens is 492 g/mol. The molecule has 0 bridgehead atoms. The van der Waals surface area contributed by atoms with E-state index in [1.54, 1.807) is 18.2 Å². The third kappa shape index (κ3) is 4.10. The van der Waals surface area contributed by atoms with Crippen LogP contribution < -0.4 is 4.90 Å². The summed E-state index contributed by atoms with van der Waals surface area (Å²) < 4.78 is 0.808. The number of aromatic nitrogens is 1. The van der Waals surface area contributed by atoms with Gasteiger partial charge >= 0.3 is 5.91 Å². The minimum Gasteiger partial charge on any atom is -0.507 e. The SMILES string of the molecule is Cc1ccc(C)c(/C(O)=C2\C(=O)C(=O)N(c3nc4ccc(Cl)cc4s3)C2c2ccc(C(C)C)cc2)c1. The van der Waals surface area contributed by atoms with Gasteiger partial charge in [-0.25, -0.2) is 4.98 Å². The van der Waals surface area contributed by atoms with Crippen molar-refractivity contribution in [3.63, 3.8) is 0 Å². The van der Waals surface area contributed by atoms with Crippen molar-refractivity contribution in [2.24, 2.45) is 0 Å². The van der Waals surface area contributed by atoms with E-state index in [4.69, 9.17) is 11.6 Å². The Morgan fingerprint density at radius 2 is 1.75 bits per heavy atom. The number of fused-ring (bicyclic) bond motifs is 1. The number of hydrogen-bond donors (Lipinski definition) is 1. The number of carbonyl (C=O) groups excluding carboxylic acids is 2. The lowest BCUT2D eigenvalue weighted by Gasteiger charge is -2.23. The molecule has 0 saturated carbocycles. The molecule has 5 nitrogen and oxygen atoms in total. The van der Waals surface area contributed by atoms with Gasteiger partial charge in [0.05, 0.1) is 21.8 Å². The van der Waals surface area contributed by atoms with Crippen molar-refractivity contribution in [1.29, 1.82) is 0 Å². The summed E-state index contributed by atoms with van der Waals surface area (Å²) in [5, 5.41) is 12.4. The number of Topliss-reactive ketones (excluding diaryl/α,β-unsaturated/α-hetero) is 1. The number of ketones is 1. The summed E-state index contributed by atoms with van der Waals surface area (Å²) in [5.74, 6) is -1.30. The molecule has 2 heterocycles. The molecule has 5 rings (SSSR count). The number of halogens is 1. The van der Waals surface area contributed by atoms with Crippen molar-refractivity contribution in [1.82, 2.24) is 4.98 Å². The Balaban J connectivity index is 1.74. The maximum absolute atomic E-state index is 13.5. The molecule has 4 aromatic rings. The predicted molar refractivity (Wildman–Crippen MR) is 146 cm³/mol. The molecule has 1 fully saturated rings. The van der Waals surface area contributed by atoms with Crippen LogP contribution >= 0.6 is 22.9 Å². The number of aliphatic hydroxyl groups is 1. The second-order valence-electron chi connectivity index (χ2n) is 9.42. The Labute approximate surface area is 218 Å². The van der Waals surface area contributed by atoms with Crippen LogP contribution in [-0.2, 0) is 9.59 Å². The van der Waals surface area contributed by atoms with Gasteiger partial charge in [-0.1, -0.05) is 78.7 Å². The normalized spacial score (nSPS) is 17.5. The first-order valence-corrected chi connectivity index (χ1v) is 12.9. The number of anilines is 1. The highest BCUT2D eigenvalue weighted by Gasteiger charge is 2.48. The summed E-state index contributed by atoms with van der Waals surface area (Å²) in [6.07, 6.45) is 0. The molecule has 36 heavy (non-hydrogen) atoms. The Bertz CT molecular complexity index is 1550. The van der Waals surface area contributed by atoms with Crippen molar-refractivity contribution in [2.75, 3.05) is 4.90 Å². The van der Waals surface area contributed by atoms with Crippen LogP contribution in [0.1, 0.15) is 53.6 Å². The molecule has 7 heteroatoms. The third-order valence-electron chi connectivity index (χ3n) is 6.56. The number of amides is 1.